The first-order valence-electron chi connectivity index (χ1n) is 9.25. The van der Waals surface area contributed by atoms with E-state index in [0.717, 1.165) is 7.11 Å². The Balaban J connectivity index is 2.59. The van der Waals surface area contributed by atoms with E-state index < -0.39 is 103 Å². The molecule has 0 N–H and O–H groups in total. The number of ether oxygens (including phenoxy) is 3. The normalized spacial score (nSPS) is 11.0. The Kier molecular flexibility index (Phi) is 7.47. The van der Waals surface area contributed by atoms with Gasteiger partial charge < -0.3 is 14.2 Å². The molecule has 0 heterocycles. The molecular weight excluding hydrogens is 517 g/mol. The summed E-state index contributed by atoms with van der Waals surface area (Å²) in [4.78, 5) is 0. The van der Waals surface area contributed by atoms with E-state index in [1.807, 2.05) is 0 Å². The van der Waals surface area contributed by atoms with Crippen LogP contribution in [0.25, 0.3) is 0 Å². The molecule has 0 saturated heterocycles. The van der Waals surface area contributed by atoms with Crippen molar-refractivity contribution < 1.29 is 58.1 Å². The predicted octanol–water partition coefficient (Wildman–Crippen LogP) is 3.62. The van der Waals surface area contributed by atoms with Crippen molar-refractivity contribution in [2.45, 2.75) is 0 Å². The zero-order chi connectivity index (χ0) is 26.4. The standard InChI is InChI=1S/2C7H3F4O.C7H5F2O.Al/c2*1-12-7-5(10)3(8)2-4(9)6(7)11;1-10-7-3-5(8)2-6(9)4-7;/h2*1H3;3-4H,1H3;. The van der Waals surface area contributed by atoms with Gasteiger partial charge in [-0.05, 0) is 13.3 Å². The third-order valence-corrected chi connectivity index (χ3v) is 8.37. The van der Waals surface area contributed by atoms with Gasteiger partial charge in [0, 0.05) is 12.1 Å². The molecule has 0 aliphatic heterocycles. The molecule has 0 fully saturated rings. The molecule has 0 aromatic heterocycles. The summed E-state index contributed by atoms with van der Waals surface area (Å²) in [5.74, 6) is -25.4. The lowest BCUT2D eigenvalue weighted by atomic mass is 10.2. The summed E-state index contributed by atoms with van der Waals surface area (Å²) in [7, 11) is 2.24. The molecule has 0 unspecified atom stereocenters. The van der Waals surface area contributed by atoms with E-state index in [0.29, 0.717) is 26.4 Å². The van der Waals surface area contributed by atoms with Crippen LogP contribution in [0.4, 0.5) is 43.9 Å². The summed E-state index contributed by atoms with van der Waals surface area (Å²) in [6.07, 6.45) is 0. The molecule has 3 aromatic carbocycles. The summed E-state index contributed by atoms with van der Waals surface area (Å²) in [5.41, 5.74) is 0. The summed E-state index contributed by atoms with van der Waals surface area (Å²) in [6.45, 7) is 0. The summed E-state index contributed by atoms with van der Waals surface area (Å²) < 4.78 is 155. The van der Waals surface area contributed by atoms with Crippen molar-refractivity contribution in [3.8, 4) is 17.2 Å². The number of hydrogen-bond donors (Lipinski definition) is 0. The molecule has 186 valence electrons. The van der Waals surface area contributed by atoms with Crippen LogP contribution in [-0.2, 0) is 0 Å². The highest BCUT2D eigenvalue weighted by molar-refractivity contribution is 6.95. The number of benzene rings is 3. The van der Waals surface area contributed by atoms with Gasteiger partial charge in [0.15, 0.2) is 34.8 Å². The average molecular weight is 528 g/mol. The highest BCUT2D eigenvalue weighted by Crippen LogP contribution is 2.29. The Morgan fingerprint density at radius 1 is 0.457 bits per heavy atom. The second-order valence-electron chi connectivity index (χ2n) is 6.84. The van der Waals surface area contributed by atoms with Gasteiger partial charge in [0.2, 0.25) is 23.3 Å². The SMILES string of the molecule is COc1cc(F)[c]([Al]([c]2c(F)c(F)c(OC)c(F)c2F)[c]2c(F)c(F)c(OC)c(F)c2F)c(F)c1. The Morgan fingerprint density at radius 3 is 1.03 bits per heavy atom. The van der Waals surface area contributed by atoms with Crippen molar-refractivity contribution in [3.05, 3.63) is 70.3 Å². The van der Waals surface area contributed by atoms with Crippen molar-refractivity contribution in [2.75, 3.05) is 21.3 Å². The Labute approximate surface area is 194 Å². The molecule has 14 heteroatoms. The van der Waals surface area contributed by atoms with Gasteiger partial charge >= 0.3 is 14.1 Å². The van der Waals surface area contributed by atoms with E-state index in [2.05, 4.69) is 14.2 Å². The van der Waals surface area contributed by atoms with E-state index in [1.165, 1.54) is 0 Å². The van der Waals surface area contributed by atoms with Crippen LogP contribution in [0.5, 0.6) is 17.2 Å². The molecule has 0 aliphatic carbocycles. The van der Waals surface area contributed by atoms with Crippen molar-refractivity contribution >= 4 is 27.4 Å². The molecule has 3 rings (SSSR count). The van der Waals surface area contributed by atoms with E-state index in [4.69, 9.17) is 0 Å². The second kappa shape index (κ2) is 9.87. The first kappa shape index (κ1) is 26.5. The predicted molar refractivity (Wildman–Crippen MR) is 103 cm³/mol. The van der Waals surface area contributed by atoms with Crippen molar-refractivity contribution in [1.82, 2.24) is 0 Å². The highest BCUT2D eigenvalue weighted by atomic mass is 27.2. The fourth-order valence-corrected chi connectivity index (χ4v) is 6.61. The van der Waals surface area contributed by atoms with E-state index in [1.54, 1.807) is 0 Å². The van der Waals surface area contributed by atoms with Crippen molar-refractivity contribution in [2.24, 2.45) is 0 Å². The van der Waals surface area contributed by atoms with Crippen LogP contribution in [0, 0.1) is 58.2 Å². The number of rotatable bonds is 6. The fraction of sp³-hybridized carbons (Fsp3) is 0.143. The maximum atomic E-state index is 15.0. The molecule has 0 saturated carbocycles. The van der Waals surface area contributed by atoms with E-state index >= 15 is 0 Å². The lowest BCUT2D eigenvalue weighted by Crippen LogP contribution is -2.59. The minimum atomic E-state index is -5.13. The molecule has 35 heavy (non-hydrogen) atoms. The van der Waals surface area contributed by atoms with Gasteiger partial charge in [0.25, 0.3) is 0 Å². The fourth-order valence-electron chi connectivity index (χ4n) is 3.51. The highest BCUT2D eigenvalue weighted by Gasteiger charge is 2.45. The van der Waals surface area contributed by atoms with Gasteiger partial charge in [-0.15, -0.1) is 0 Å². The Hall–Kier alpha value is -3.11. The van der Waals surface area contributed by atoms with Gasteiger partial charge in [-0.3, -0.25) is 0 Å². The molecule has 0 bridgehead atoms. The minimum absolute atomic E-state index is 0.427. The number of hydrogen-bond acceptors (Lipinski definition) is 3. The van der Waals surface area contributed by atoms with Crippen LogP contribution in [0.15, 0.2) is 12.1 Å². The van der Waals surface area contributed by atoms with Gasteiger partial charge in [-0.2, -0.15) is 17.6 Å². The van der Waals surface area contributed by atoms with Crippen LogP contribution in [0.3, 0.4) is 0 Å². The molecule has 0 atom stereocenters. The monoisotopic (exact) mass is 528 g/mol. The smallest absolute Gasteiger partial charge is 0.412 e. The molecule has 0 radical (unpaired) electrons. The summed E-state index contributed by atoms with van der Waals surface area (Å²) in [5, 5.41) is 0. The quantitative estimate of drug-likeness (QED) is 0.278. The third-order valence-electron chi connectivity index (χ3n) is 5.08. The molecular formula is C21H11AlF10O3. The molecule has 3 nitrogen and oxygen atoms in total. The zero-order valence-corrected chi connectivity index (χ0v) is 18.9. The zero-order valence-electron chi connectivity index (χ0n) is 17.7. The van der Waals surface area contributed by atoms with Crippen molar-refractivity contribution in [1.29, 1.82) is 0 Å². The third kappa shape index (κ3) is 4.14. The van der Waals surface area contributed by atoms with Crippen LogP contribution >= 0.6 is 0 Å². The van der Waals surface area contributed by atoms with Gasteiger partial charge in [0.1, 0.15) is 17.4 Å². The van der Waals surface area contributed by atoms with Gasteiger partial charge in [-0.1, -0.05) is 0 Å². The van der Waals surface area contributed by atoms with Gasteiger partial charge in [0.05, 0.1) is 21.3 Å². The first-order chi connectivity index (χ1) is 16.4. The van der Waals surface area contributed by atoms with E-state index in [-0.39, 0.29) is 0 Å². The second-order valence-corrected chi connectivity index (χ2v) is 9.44. The van der Waals surface area contributed by atoms with E-state index in [9.17, 15) is 43.9 Å². The lowest BCUT2D eigenvalue weighted by Gasteiger charge is -2.21. The van der Waals surface area contributed by atoms with Crippen LogP contribution < -0.4 is 27.5 Å². The number of methoxy groups -OCH3 is 3. The van der Waals surface area contributed by atoms with Crippen LogP contribution in [0.2, 0.25) is 0 Å². The van der Waals surface area contributed by atoms with Crippen molar-refractivity contribution in [3.63, 3.8) is 0 Å². The number of halogens is 10. The average Bonchev–Trinajstić information content (AvgIpc) is 2.81. The maximum Gasteiger partial charge on any atom is 0.412 e. The van der Waals surface area contributed by atoms with Crippen LogP contribution in [-0.4, -0.2) is 35.5 Å². The molecule has 0 amide bonds. The topological polar surface area (TPSA) is 27.7 Å². The minimum Gasteiger partial charge on any atom is -0.497 e. The lowest BCUT2D eigenvalue weighted by molar-refractivity contribution is 0.334. The summed E-state index contributed by atoms with van der Waals surface area (Å²) in [6, 6.07) is 0.854. The molecule has 0 spiro atoms. The van der Waals surface area contributed by atoms with Crippen LogP contribution in [0.1, 0.15) is 0 Å². The largest absolute Gasteiger partial charge is 0.497 e. The Morgan fingerprint density at radius 2 is 0.771 bits per heavy atom. The molecule has 3 aromatic rings. The summed E-state index contributed by atoms with van der Waals surface area (Å²) >= 11 is -5.13. The Bertz CT molecular complexity index is 1180. The maximum absolute atomic E-state index is 15.0. The first-order valence-corrected chi connectivity index (χ1v) is 11.0. The molecule has 0 aliphatic rings. The van der Waals surface area contributed by atoms with Gasteiger partial charge in [-0.25, -0.2) is 26.3 Å².